The summed E-state index contributed by atoms with van der Waals surface area (Å²) in [6, 6.07) is 20.1. The molecule has 3 aromatic carbocycles. The molecule has 4 rings (SSSR count). The molecule has 25 heavy (non-hydrogen) atoms. The van der Waals surface area contributed by atoms with Crippen molar-refractivity contribution in [2.24, 2.45) is 0 Å². The van der Waals surface area contributed by atoms with Crippen molar-refractivity contribution in [2.45, 2.75) is 5.92 Å². The number of para-hydroxylation sites is 3. The van der Waals surface area contributed by atoms with E-state index in [0.717, 1.165) is 11.1 Å². The van der Waals surface area contributed by atoms with Crippen molar-refractivity contribution in [3.63, 3.8) is 0 Å². The summed E-state index contributed by atoms with van der Waals surface area (Å²) in [5, 5.41) is 3.67. The van der Waals surface area contributed by atoms with Gasteiger partial charge < -0.3 is 10.1 Å². The van der Waals surface area contributed by atoms with Crippen LogP contribution in [0.25, 0.3) is 0 Å². The minimum absolute atomic E-state index is 0.210. The molecule has 0 unspecified atom stereocenters. The Labute approximate surface area is 155 Å². The first kappa shape index (κ1) is 16.0. The maximum absolute atomic E-state index is 13.1. The van der Waals surface area contributed by atoms with Gasteiger partial charge in [0.15, 0.2) is 0 Å². The van der Waals surface area contributed by atoms with E-state index in [1.54, 1.807) is 18.2 Å². The fraction of sp³-hybridized carbons (Fsp3) is 0.0500. The molecule has 3 aromatic rings. The number of nitrogens with one attached hydrogen (secondary N) is 1. The van der Waals surface area contributed by atoms with Gasteiger partial charge in [0, 0.05) is 11.1 Å². The SMILES string of the molecule is O=C(Nc1c(Cl)cccc1Cl)C1c2ccccc2Oc2ccccc21. The molecule has 0 fully saturated rings. The fourth-order valence-electron chi connectivity index (χ4n) is 3.00. The Kier molecular flexibility index (Phi) is 4.12. The molecule has 1 heterocycles. The molecule has 1 aliphatic heterocycles. The Balaban J connectivity index is 1.78. The van der Waals surface area contributed by atoms with Crippen LogP contribution in [0.1, 0.15) is 17.0 Å². The van der Waals surface area contributed by atoms with Crippen LogP contribution in [-0.2, 0) is 4.79 Å². The Bertz CT molecular complexity index is 906. The lowest BCUT2D eigenvalue weighted by molar-refractivity contribution is -0.116. The molecular weight excluding hydrogens is 357 g/mol. The Morgan fingerprint density at radius 3 is 1.88 bits per heavy atom. The minimum atomic E-state index is -0.506. The third-order valence-corrected chi connectivity index (χ3v) is 4.78. The van der Waals surface area contributed by atoms with Crippen LogP contribution in [-0.4, -0.2) is 5.91 Å². The Hall–Kier alpha value is -2.49. The average Bonchev–Trinajstić information content (AvgIpc) is 2.62. The van der Waals surface area contributed by atoms with Crippen molar-refractivity contribution in [1.29, 1.82) is 0 Å². The van der Waals surface area contributed by atoms with Crippen LogP contribution in [0.15, 0.2) is 66.7 Å². The number of hydrogen-bond acceptors (Lipinski definition) is 2. The monoisotopic (exact) mass is 369 g/mol. The maximum Gasteiger partial charge on any atom is 0.236 e. The molecule has 0 radical (unpaired) electrons. The molecule has 0 bridgehead atoms. The lowest BCUT2D eigenvalue weighted by Crippen LogP contribution is -2.25. The van der Waals surface area contributed by atoms with Crippen LogP contribution in [0.2, 0.25) is 10.0 Å². The zero-order valence-corrected chi connectivity index (χ0v) is 14.5. The van der Waals surface area contributed by atoms with Crippen LogP contribution in [0.4, 0.5) is 5.69 Å². The molecule has 124 valence electrons. The highest BCUT2D eigenvalue weighted by Gasteiger charge is 2.32. The summed E-state index contributed by atoms with van der Waals surface area (Å²) in [4.78, 5) is 13.1. The summed E-state index contributed by atoms with van der Waals surface area (Å²) in [6.45, 7) is 0. The van der Waals surface area contributed by atoms with E-state index in [-0.39, 0.29) is 5.91 Å². The molecule has 5 heteroatoms. The van der Waals surface area contributed by atoms with E-state index in [9.17, 15) is 4.79 Å². The standard InChI is InChI=1S/C20H13Cl2NO2/c21-14-8-5-9-15(22)19(14)23-20(24)18-12-6-1-3-10-16(12)25-17-11-4-2-7-13(17)18/h1-11,18H,(H,23,24). The van der Waals surface area contributed by atoms with Gasteiger partial charge in [-0.25, -0.2) is 0 Å². The Morgan fingerprint density at radius 1 is 0.800 bits per heavy atom. The molecule has 0 atom stereocenters. The van der Waals surface area contributed by atoms with Gasteiger partial charge in [-0.1, -0.05) is 65.7 Å². The fourth-order valence-corrected chi connectivity index (χ4v) is 3.50. The molecule has 0 aromatic heterocycles. The van der Waals surface area contributed by atoms with Gasteiger partial charge in [0.25, 0.3) is 0 Å². The van der Waals surface area contributed by atoms with Crippen LogP contribution in [0, 0.1) is 0 Å². The van der Waals surface area contributed by atoms with Gasteiger partial charge >= 0.3 is 0 Å². The number of anilines is 1. The van der Waals surface area contributed by atoms with Crippen molar-refractivity contribution in [1.82, 2.24) is 0 Å². The van der Waals surface area contributed by atoms with E-state index in [0.29, 0.717) is 27.2 Å². The summed E-state index contributed by atoms with van der Waals surface area (Å²) in [7, 11) is 0. The van der Waals surface area contributed by atoms with Gasteiger partial charge in [0.05, 0.1) is 21.7 Å². The predicted molar refractivity (Wildman–Crippen MR) is 99.9 cm³/mol. The Morgan fingerprint density at radius 2 is 1.32 bits per heavy atom. The van der Waals surface area contributed by atoms with E-state index in [1.807, 2.05) is 48.5 Å². The zero-order valence-electron chi connectivity index (χ0n) is 13.0. The van der Waals surface area contributed by atoms with E-state index >= 15 is 0 Å². The highest BCUT2D eigenvalue weighted by Crippen LogP contribution is 2.44. The first-order chi connectivity index (χ1) is 12.1. The van der Waals surface area contributed by atoms with Gasteiger partial charge in [0.1, 0.15) is 11.5 Å². The summed E-state index contributed by atoms with van der Waals surface area (Å²) >= 11 is 12.4. The summed E-state index contributed by atoms with van der Waals surface area (Å²) in [5.41, 5.74) is 2.03. The molecule has 0 saturated carbocycles. The van der Waals surface area contributed by atoms with Crippen molar-refractivity contribution >= 4 is 34.8 Å². The topological polar surface area (TPSA) is 38.3 Å². The van der Waals surface area contributed by atoms with E-state index in [4.69, 9.17) is 27.9 Å². The van der Waals surface area contributed by atoms with Crippen molar-refractivity contribution < 1.29 is 9.53 Å². The van der Waals surface area contributed by atoms with E-state index < -0.39 is 5.92 Å². The number of ether oxygens (including phenoxy) is 1. The number of fused-ring (bicyclic) bond motifs is 2. The number of carbonyl (C=O) groups excluding carboxylic acids is 1. The van der Waals surface area contributed by atoms with Crippen LogP contribution in [0.5, 0.6) is 11.5 Å². The first-order valence-electron chi connectivity index (χ1n) is 7.76. The zero-order chi connectivity index (χ0) is 17.4. The number of rotatable bonds is 2. The highest BCUT2D eigenvalue weighted by atomic mass is 35.5. The second kappa shape index (κ2) is 6.43. The highest BCUT2D eigenvalue weighted by molar-refractivity contribution is 6.39. The lowest BCUT2D eigenvalue weighted by Gasteiger charge is -2.27. The molecule has 0 spiro atoms. The second-order valence-corrected chi connectivity index (χ2v) is 6.51. The van der Waals surface area contributed by atoms with E-state index in [1.165, 1.54) is 0 Å². The molecule has 3 nitrogen and oxygen atoms in total. The molecule has 0 saturated heterocycles. The smallest absolute Gasteiger partial charge is 0.236 e. The number of hydrogen-bond donors (Lipinski definition) is 1. The average molecular weight is 370 g/mol. The third kappa shape index (κ3) is 2.86. The van der Waals surface area contributed by atoms with Gasteiger partial charge in [-0.05, 0) is 24.3 Å². The molecular formula is C20H13Cl2NO2. The van der Waals surface area contributed by atoms with Crippen LogP contribution < -0.4 is 10.1 Å². The molecule has 1 aliphatic rings. The largest absolute Gasteiger partial charge is 0.457 e. The molecule has 1 amide bonds. The van der Waals surface area contributed by atoms with Gasteiger partial charge in [-0.2, -0.15) is 0 Å². The van der Waals surface area contributed by atoms with E-state index in [2.05, 4.69) is 5.32 Å². The quantitative estimate of drug-likeness (QED) is 0.613. The van der Waals surface area contributed by atoms with Gasteiger partial charge in [-0.3, -0.25) is 4.79 Å². The summed E-state index contributed by atoms with van der Waals surface area (Å²) in [5.74, 6) is 0.630. The molecule has 1 N–H and O–H groups in total. The first-order valence-corrected chi connectivity index (χ1v) is 8.51. The summed E-state index contributed by atoms with van der Waals surface area (Å²) < 4.78 is 5.92. The van der Waals surface area contributed by atoms with Gasteiger partial charge in [-0.15, -0.1) is 0 Å². The molecule has 0 aliphatic carbocycles. The normalized spacial score (nSPS) is 12.7. The van der Waals surface area contributed by atoms with Crippen LogP contribution in [0.3, 0.4) is 0 Å². The maximum atomic E-state index is 13.1. The number of benzene rings is 3. The van der Waals surface area contributed by atoms with Crippen molar-refractivity contribution in [3.05, 3.63) is 87.9 Å². The third-order valence-electron chi connectivity index (χ3n) is 4.15. The van der Waals surface area contributed by atoms with Crippen molar-refractivity contribution in [3.8, 4) is 11.5 Å². The van der Waals surface area contributed by atoms with Crippen LogP contribution >= 0.6 is 23.2 Å². The number of amides is 1. The minimum Gasteiger partial charge on any atom is -0.457 e. The van der Waals surface area contributed by atoms with Gasteiger partial charge in [0.2, 0.25) is 5.91 Å². The lowest BCUT2D eigenvalue weighted by atomic mass is 9.87. The summed E-state index contributed by atoms with van der Waals surface area (Å²) in [6.07, 6.45) is 0. The van der Waals surface area contributed by atoms with Crippen molar-refractivity contribution in [2.75, 3.05) is 5.32 Å². The predicted octanol–water partition coefficient (Wildman–Crippen LogP) is 5.87. The number of halogens is 2. The number of carbonyl (C=O) groups is 1. The second-order valence-electron chi connectivity index (χ2n) is 5.70.